The normalized spacial score (nSPS) is 11.4. The summed E-state index contributed by atoms with van der Waals surface area (Å²) in [6, 6.07) is 13.4. The monoisotopic (exact) mass is 452 g/mol. The van der Waals surface area contributed by atoms with Gasteiger partial charge in [0.1, 0.15) is 5.82 Å². The van der Waals surface area contributed by atoms with E-state index >= 15 is 0 Å². The molecule has 9 heteroatoms. The number of nitrogens with zero attached hydrogens (tertiary/aromatic N) is 3. The van der Waals surface area contributed by atoms with Crippen LogP contribution in [0.1, 0.15) is 15.2 Å². The lowest BCUT2D eigenvalue weighted by molar-refractivity contribution is 0.0955. The van der Waals surface area contributed by atoms with Gasteiger partial charge in [-0.25, -0.2) is 13.4 Å². The summed E-state index contributed by atoms with van der Waals surface area (Å²) in [6.45, 7) is 0.296. The summed E-state index contributed by atoms with van der Waals surface area (Å²) >= 11 is 1.38. The zero-order chi connectivity index (χ0) is 22.0. The molecule has 1 N–H and O–H groups in total. The topological polar surface area (TPSA) is 92.3 Å². The average molecular weight is 453 g/mol. The van der Waals surface area contributed by atoms with Crippen LogP contribution in [-0.4, -0.2) is 38.4 Å². The fourth-order valence-corrected chi connectivity index (χ4v) is 5.14. The summed E-state index contributed by atoms with van der Waals surface area (Å²) in [4.78, 5) is 23.4. The van der Waals surface area contributed by atoms with Gasteiger partial charge >= 0.3 is 0 Å². The molecule has 0 unspecified atom stereocenters. The van der Waals surface area contributed by atoms with Crippen LogP contribution >= 0.6 is 11.3 Å². The van der Waals surface area contributed by atoms with E-state index in [-0.39, 0.29) is 15.7 Å². The molecule has 0 saturated heterocycles. The van der Waals surface area contributed by atoms with E-state index in [0.29, 0.717) is 17.2 Å². The Morgan fingerprint density at radius 1 is 1.03 bits per heavy atom. The van der Waals surface area contributed by atoms with Crippen molar-refractivity contribution in [3.05, 3.63) is 77.6 Å². The van der Waals surface area contributed by atoms with Gasteiger partial charge in [-0.15, -0.1) is 11.3 Å². The van der Waals surface area contributed by atoms with Crippen LogP contribution in [0, 0.1) is 0 Å². The molecular weight excluding hydrogens is 432 g/mol. The molecule has 0 saturated carbocycles. The quantitative estimate of drug-likeness (QED) is 0.481. The number of rotatable bonds is 6. The molecule has 4 rings (SSSR count). The Morgan fingerprint density at radius 2 is 1.77 bits per heavy atom. The molecule has 0 radical (unpaired) electrons. The molecule has 4 aromatic rings. The summed E-state index contributed by atoms with van der Waals surface area (Å²) in [5.41, 5.74) is 0.802. The Bertz CT molecular complexity index is 1300. The number of carbonyl (C=O) groups is 1. The second-order valence-electron chi connectivity index (χ2n) is 7.10. The second-order valence-corrected chi connectivity index (χ2v) is 10.1. The number of hydrogen-bond donors (Lipinski definition) is 1. The molecule has 0 fully saturated rings. The van der Waals surface area contributed by atoms with Crippen molar-refractivity contribution >= 4 is 43.0 Å². The lowest BCUT2D eigenvalue weighted by Gasteiger charge is -2.11. The highest BCUT2D eigenvalue weighted by molar-refractivity contribution is 7.91. The molecule has 3 aromatic heterocycles. The van der Waals surface area contributed by atoms with Gasteiger partial charge < -0.3 is 10.2 Å². The van der Waals surface area contributed by atoms with Gasteiger partial charge in [-0.1, -0.05) is 12.1 Å². The molecule has 31 heavy (non-hydrogen) atoms. The third-order valence-electron chi connectivity index (χ3n) is 4.72. The maximum atomic E-state index is 12.8. The van der Waals surface area contributed by atoms with E-state index in [1.54, 1.807) is 53.7 Å². The van der Waals surface area contributed by atoms with Crippen LogP contribution in [0.4, 0.5) is 5.82 Å². The van der Waals surface area contributed by atoms with E-state index in [1.807, 2.05) is 26.2 Å². The number of thiophene rings is 1. The molecule has 3 heterocycles. The molecule has 0 aliphatic rings. The molecule has 1 aromatic carbocycles. The minimum atomic E-state index is -3.66. The van der Waals surface area contributed by atoms with Gasteiger partial charge in [0.05, 0.1) is 19.4 Å². The highest BCUT2D eigenvalue weighted by Gasteiger charge is 2.18. The molecule has 1 amide bonds. The van der Waals surface area contributed by atoms with E-state index in [0.717, 1.165) is 15.6 Å². The number of anilines is 1. The van der Waals surface area contributed by atoms with Gasteiger partial charge in [-0.05, 0) is 47.3 Å². The van der Waals surface area contributed by atoms with Crippen LogP contribution < -0.4 is 10.2 Å². The minimum Gasteiger partial charge on any atom is -0.363 e. The number of carbonyl (C=O) groups excluding carboxylic acids is 1. The Balaban J connectivity index is 1.44. The van der Waals surface area contributed by atoms with Crippen molar-refractivity contribution in [2.75, 3.05) is 19.0 Å². The number of amides is 1. The zero-order valence-corrected chi connectivity index (χ0v) is 18.6. The van der Waals surface area contributed by atoms with Crippen LogP contribution in [0.5, 0.6) is 0 Å². The van der Waals surface area contributed by atoms with E-state index in [2.05, 4.69) is 15.3 Å². The number of hydrogen-bond acceptors (Lipinski definition) is 7. The summed E-state index contributed by atoms with van der Waals surface area (Å²) in [6.07, 6.45) is 4.79. The van der Waals surface area contributed by atoms with Crippen LogP contribution in [0.3, 0.4) is 0 Å². The molecular formula is C22H20N4O3S2. The lowest BCUT2D eigenvalue weighted by atomic mass is 10.2. The minimum absolute atomic E-state index is 0.137. The molecule has 7 nitrogen and oxygen atoms in total. The summed E-state index contributed by atoms with van der Waals surface area (Å²) < 4.78 is 26.6. The Kier molecular flexibility index (Phi) is 5.71. The molecule has 0 spiro atoms. The van der Waals surface area contributed by atoms with Crippen molar-refractivity contribution in [3.8, 4) is 0 Å². The fraction of sp³-hybridized carbons (Fsp3) is 0.136. The standard InChI is InChI=1S/C22H20N4O3S2/c1-26(2)21-8-7-18(13-24-21)31(28,29)17-5-3-15(4-6-17)12-25-22(27)19-11-16-9-10-23-14-20(16)30-19/h3-11,13-14H,12H2,1-2H3,(H,25,27). The second kappa shape index (κ2) is 8.44. The first-order valence-corrected chi connectivity index (χ1v) is 11.7. The van der Waals surface area contributed by atoms with Crippen LogP contribution in [0.25, 0.3) is 10.1 Å². The van der Waals surface area contributed by atoms with Gasteiger partial charge in [0.25, 0.3) is 5.91 Å². The van der Waals surface area contributed by atoms with Gasteiger partial charge in [-0.3, -0.25) is 9.78 Å². The van der Waals surface area contributed by atoms with E-state index in [4.69, 9.17) is 0 Å². The van der Waals surface area contributed by atoms with Gasteiger partial charge in [-0.2, -0.15) is 0 Å². The van der Waals surface area contributed by atoms with Crippen molar-refractivity contribution in [1.29, 1.82) is 0 Å². The van der Waals surface area contributed by atoms with E-state index in [1.165, 1.54) is 17.5 Å². The van der Waals surface area contributed by atoms with E-state index in [9.17, 15) is 13.2 Å². The van der Waals surface area contributed by atoms with Crippen molar-refractivity contribution in [2.24, 2.45) is 0 Å². The smallest absolute Gasteiger partial charge is 0.261 e. The number of aromatic nitrogens is 2. The van der Waals surface area contributed by atoms with Crippen LogP contribution in [-0.2, 0) is 16.4 Å². The first kappa shape index (κ1) is 21.0. The Labute approximate surface area is 184 Å². The lowest BCUT2D eigenvalue weighted by Crippen LogP contribution is -2.21. The number of benzene rings is 1. The van der Waals surface area contributed by atoms with Crippen molar-refractivity contribution < 1.29 is 13.2 Å². The predicted molar refractivity (Wildman–Crippen MR) is 121 cm³/mol. The number of nitrogens with one attached hydrogen (secondary N) is 1. The molecule has 158 valence electrons. The number of fused-ring (bicyclic) bond motifs is 1. The SMILES string of the molecule is CN(C)c1ccc(S(=O)(=O)c2ccc(CNC(=O)c3cc4ccncc4s3)cc2)cn1. The molecule has 0 atom stereocenters. The summed E-state index contributed by atoms with van der Waals surface area (Å²) in [7, 11) is 0.0187. The van der Waals surface area contributed by atoms with Gasteiger partial charge in [0, 0.05) is 39.2 Å². The maximum absolute atomic E-state index is 12.8. The largest absolute Gasteiger partial charge is 0.363 e. The third-order valence-corrected chi connectivity index (χ3v) is 7.56. The van der Waals surface area contributed by atoms with Crippen molar-refractivity contribution in [3.63, 3.8) is 0 Å². The summed E-state index contributed by atoms with van der Waals surface area (Å²) in [5.74, 6) is 0.505. The van der Waals surface area contributed by atoms with E-state index < -0.39 is 9.84 Å². The first-order chi connectivity index (χ1) is 14.8. The highest BCUT2D eigenvalue weighted by atomic mass is 32.2. The fourth-order valence-electron chi connectivity index (χ4n) is 2.98. The third kappa shape index (κ3) is 4.42. The maximum Gasteiger partial charge on any atom is 0.261 e. The zero-order valence-electron chi connectivity index (χ0n) is 16.9. The molecule has 0 aliphatic heterocycles. The summed E-state index contributed by atoms with van der Waals surface area (Å²) in [5, 5.41) is 3.85. The van der Waals surface area contributed by atoms with Gasteiger partial charge in [0.2, 0.25) is 9.84 Å². The van der Waals surface area contributed by atoms with Crippen LogP contribution in [0.2, 0.25) is 0 Å². The molecule has 0 bridgehead atoms. The van der Waals surface area contributed by atoms with Crippen LogP contribution in [0.15, 0.2) is 76.9 Å². The predicted octanol–water partition coefficient (Wildman–Crippen LogP) is 3.52. The average Bonchev–Trinajstić information content (AvgIpc) is 3.22. The van der Waals surface area contributed by atoms with Gasteiger partial charge in [0.15, 0.2) is 0 Å². The highest BCUT2D eigenvalue weighted by Crippen LogP contribution is 2.25. The Hall–Kier alpha value is -3.30. The Morgan fingerprint density at radius 3 is 2.42 bits per heavy atom. The first-order valence-electron chi connectivity index (χ1n) is 9.44. The van der Waals surface area contributed by atoms with Crippen molar-refractivity contribution in [1.82, 2.24) is 15.3 Å². The number of pyridine rings is 2. The number of sulfone groups is 1. The molecule has 0 aliphatic carbocycles. The van der Waals surface area contributed by atoms with Crippen molar-refractivity contribution in [2.45, 2.75) is 16.3 Å².